The van der Waals surface area contributed by atoms with Gasteiger partial charge in [-0.3, -0.25) is 9.59 Å². The number of nitrogens with zero attached hydrogens (tertiary/aromatic N) is 1. The molecule has 0 aromatic heterocycles. The monoisotopic (exact) mass is 580 g/mol. The zero-order valence-electron chi connectivity index (χ0n) is 21.5. The Labute approximate surface area is 235 Å². The number of hydrogen-bond donors (Lipinski definition) is 3. The van der Waals surface area contributed by atoms with Crippen LogP contribution in [0.2, 0.25) is 10.0 Å². The van der Waals surface area contributed by atoms with Crippen LogP contribution in [0.15, 0.2) is 42.5 Å². The number of nitrogens with one attached hydrogen (secondary N) is 3. The Kier molecular flexibility index (Phi) is 9.92. The number of halogens is 2. The lowest BCUT2D eigenvalue weighted by Gasteiger charge is -2.29. The molecule has 1 aliphatic heterocycles. The van der Waals surface area contributed by atoms with Crippen LogP contribution in [-0.2, 0) is 20.7 Å². The molecular formula is C26H30Cl2N4O5S. The average Bonchev–Trinajstić information content (AvgIpc) is 3.33. The Bertz CT molecular complexity index is 1180. The molecule has 2 aromatic rings. The number of benzene rings is 2. The zero-order chi connectivity index (χ0) is 28.0. The SMILES string of the molecule is COC(=O)[C@H](Cc1ccc(NC(=O)c2c(Cl)cccc2Cl)cc1)NC(=O)[C@H]1CSCN1C(=O)NC(C)(C)C. The number of carbonyl (C=O) groups excluding carboxylic acids is 4. The zero-order valence-corrected chi connectivity index (χ0v) is 23.8. The molecule has 3 N–H and O–H groups in total. The molecule has 1 heterocycles. The minimum Gasteiger partial charge on any atom is -0.467 e. The van der Waals surface area contributed by atoms with Gasteiger partial charge in [0.1, 0.15) is 12.1 Å². The van der Waals surface area contributed by atoms with Gasteiger partial charge in [-0.1, -0.05) is 41.4 Å². The second kappa shape index (κ2) is 12.7. The van der Waals surface area contributed by atoms with Gasteiger partial charge in [0.2, 0.25) is 5.91 Å². The van der Waals surface area contributed by atoms with Gasteiger partial charge in [0.15, 0.2) is 0 Å². The van der Waals surface area contributed by atoms with Crippen molar-refractivity contribution in [2.45, 2.75) is 44.8 Å². The van der Waals surface area contributed by atoms with Gasteiger partial charge in [0.25, 0.3) is 5.91 Å². The summed E-state index contributed by atoms with van der Waals surface area (Å²) in [6.07, 6.45) is 0.150. The first kappa shape index (κ1) is 29.6. The molecule has 12 heteroatoms. The van der Waals surface area contributed by atoms with Crippen LogP contribution in [0.25, 0.3) is 0 Å². The average molecular weight is 582 g/mol. The largest absolute Gasteiger partial charge is 0.467 e. The number of amides is 4. The summed E-state index contributed by atoms with van der Waals surface area (Å²) in [6, 6.07) is 9.56. The van der Waals surface area contributed by atoms with Gasteiger partial charge in [-0.2, -0.15) is 0 Å². The van der Waals surface area contributed by atoms with E-state index in [-0.39, 0.29) is 28.1 Å². The third kappa shape index (κ3) is 7.78. The highest BCUT2D eigenvalue weighted by molar-refractivity contribution is 7.99. The highest BCUT2D eigenvalue weighted by atomic mass is 35.5. The summed E-state index contributed by atoms with van der Waals surface area (Å²) in [6.45, 7) is 5.58. The van der Waals surface area contributed by atoms with Crippen LogP contribution in [0, 0.1) is 0 Å². The molecule has 38 heavy (non-hydrogen) atoms. The Morgan fingerprint density at radius 2 is 1.71 bits per heavy atom. The van der Waals surface area contributed by atoms with E-state index >= 15 is 0 Å². The molecule has 9 nitrogen and oxygen atoms in total. The van der Waals surface area contributed by atoms with Crippen LogP contribution in [0.3, 0.4) is 0 Å². The van der Waals surface area contributed by atoms with Gasteiger partial charge in [-0.05, 0) is 50.6 Å². The van der Waals surface area contributed by atoms with E-state index in [1.54, 1.807) is 42.5 Å². The molecule has 0 radical (unpaired) electrons. The molecule has 0 bridgehead atoms. The smallest absolute Gasteiger partial charge is 0.328 e. The van der Waals surface area contributed by atoms with Crippen LogP contribution >= 0.6 is 35.0 Å². The molecule has 3 rings (SSSR count). The molecule has 0 saturated carbocycles. The summed E-state index contributed by atoms with van der Waals surface area (Å²) in [5.41, 5.74) is 0.934. The van der Waals surface area contributed by atoms with E-state index in [9.17, 15) is 19.2 Å². The fraction of sp³-hybridized carbons (Fsp3) is 0.385. The van der Waals surface area contributed by atoms with Gasteiger partial charge in [-0.15, -0.1) is 11.8 Å². The molecule has 0 spiro atoms. The van der Waals surface area contributed by atoms with E-state index in [0.29, 0.717) is 17.3 Å². The number of urea groups is 1. The van der Waals surface area contributed by atoms with Crippen molar-refractivity contribution in [3.63, 3.8) is 0 Å². The maximum atomic E-state index is 13.1. The first-order valence-corrected chi connectivity index (χ1v) is 13.7. The van der Waals surface area contributed by atoms with Crippen molar-refractivity contribution in [2.75, 3.05) is 24.1 Å². The van der Waals surface area contributed by atoms with Crippen molar-refractivity contribution >= 4 is 64.5 Å². The van der Waals surface area contributed by atoms with Crippen LogP contribution < -0.4 is 16.0 Å². The Morgan fingerprint density at radius 3 is 2.29 bits per heavy atom. The number of methoxy groups -OCH3 is 1. The molecule has 1 aliphatic rings. The van der Waals surface area contributed by atoms with Gasteiger partial charge < -0.3 is 25.6 Å². The summed E-state index contributed by atoms with van der Waals surface area (Å²) in [4.78, 5) is 52.3. The maximum absolute atomic E-state index is 13.1. The molecule has 2 aromatic carbocycles. The summed E-state index contributed by atoms with van der Waals surface area (Å²) in [5.74, 6) is -0.714. The van der Waals surface area contributed by atoms with Gasteiger partial charge in [0, 0.05) is 23.4 Å². The highest BCUT2D eigenvalue weighted by Gasteiger charge is 2.37. The van der Waals surface area contributed by atoms with Gasteiger partial charge >= 0.3 is 12.0 Å². The summed E-state index contributed by atoms with van der Waals surface area (Å²) < 4.78 is 4.90. The van der Waals surface area contributed by atoms with E-state index in [0.717, 1.165) is 5.56 Å². The first-order valence-electron chi connectivity index (χ1n) is 11.8. The van der Waals surface area contributed by atoms with Gasteiger partial charge in [0.05, 0.1) is 28.6 Å². The van der Waals surface area contributed by atoms with E-state index in [4.69, 9.17) is 27.9 Å². The second-order valence-corrected chi connectivity index (χ2v) is 11.5. The second-order valence-electron chi connectivity index (χ2n) is 9.70. The molecule has 4 amide bonds. The molecule has 204 valence electrons. The number of carbonyl (C=O) groups is 4. The van der Waals surface area contributed by atoms with E-state index in [1.807, 2.05) is 20.8 Å². The summed E-state index contributed by atoms with van der Waals surface area (Å²) >= 11 is 13.7. The molecule has 0 unspecified atom stereocenters. The number of rotatable bonds is 7. The molecule has 1 saturated heterocycles. The fourth-order valence-electron chi connectivity index (χ4n) is 3.72. The summed E-state index contributed by atoms with van der Waals surface area (Å²) in [7, 11) is 1.24. The predicted molar refractivity (Wildman–Crippen MR) is 150 cm³/mol. The van der Waals surface area contributed by atoms with Crippen molar-refractivity contribution in [2.24, 2.45) is 0 Å². The predicted octanol–water partition coefficient (Wildman–Crippen LogP) is 4.33. The lowest BCUT2D eigenvalue weighted by molar-refractivity contribution is -0.145. The quantitative estimate of drug-likeness (QED) is 0.420. The highest BCUT2D eigenvalue weighted by Crippen LogP contribution is 2.26. The fourth-order valence-corrected chi connectivity index (χ4v) is 5.45. The number of ether oxygens (including phenoxy) is 1. The maximum Gasteiger partial charge on any atom is 0.328 e. The lowest BCUT2D eigenvalue weighted by Crippen LogP contribution is -2.56. The van der Waals surface area contributed by atoms with Crippen LogP contribution in [0.1, 0.15) is 36.7 Å². The van der Waals surface area contributed by atoms with E-state index in [1.165, 1.54) is 23.8 Å². The minimum atomic E-state index is -0.965. The lowest BCUT2D eigenvalue weighted by atomic mass is 10.0. The minimum absolute atomic E-state index is 0.150. The molecule has 1 fully saturated rings. The molecular weight excluding hydrogens is 551 g/mol. The standard InChI is InChI=1S/C26H30Cl2N4O5S/c1-26(2,3)31-25(36)32-14-38-13-20(32)22(33)30-19(24(35)37-4)12-15-8-10-16(11-9-15)29-23(34)21-17(27)6-5-7-18(21)28/h5-11,19-20H,12-14H2,1-4H3,(H,29,34)(H,30,33)(H,31,36)/t19-,20+/m0/s1. The third-order valence-corrected chi connectivity index (χ3v) is 7.21. The third-order valence-electron chi connectivity index (χ3n) is 5.57. The number of thioether (sulfide) groups is 1. The Hall–Kier alpha value is -2.95. The van der Waals surface area contributed by atoms with Gasteiger partial charge in [-0.25, -0.2) is 9.59 Å². The Morgan fingerprint density at radius 1 is 1.08 bits per heavy atom. The van der Waals surface area contributed by atoms with Crippen molar-refractivity contribution < 1.29 is 23.9 Å². The number of esters is 1. The van der Waals surface area contributed by atoms with Crippen molar-refractivity contribution in [1.29, 1.82) is 0 Å². The van der Waals surface area contributed by atoms with Crippen molar-refractivity contribution in [1.82, 2.24) is 15.5 Å². The van der Waals surface area contributed by atoms with E-state index < -0.39 is 35.4 Å². The van der Waals surface area contributed by atoms with Crippen LogP contribution in [0.5, 0.6) is 0 Å². The van der Waals surface area contributed by atoms with E-state index in [2.05, 4.69) is 16.0 Å². The normalized spacial score (nSPS) is 15.9. The Balaban J connectivity index is 1.66. The van der Waals surface area contributed by atoms with Crippen LogP contribution in [-0.4, -0.2) is 65.1 Å². The topological polar surface area (TPSA) is 117 Å². The van der Waals surface area contributed by atoms with Crippen molar-refractivity contribution in [3.8, 4) is 0 Å². The number of hydrogen-bond acceptors (Lipinski definition) is 6. The number of anilines is 1. The summed E-state index contributed by atoms with van der Waals surface area (Å²) in [5, 5.41) is 8.81. The first-order chi connectivity index (χ1) is 17.9. The molecule has 0 aliphatic carbocycles. The molecule has 2 atom stereocenters. The van der Waals surface area contributed by atoms with Crippen molar-refractivity contribution in [3.05, 3.63) is 63.6 Å². The van der Waals surface area contributed by atoms with Crippen LogP contribution in [0.4, 0.5) is 10.5 Å².